The van der Waals surface area contributed by atoms with Crippen LogP contribution in [0.4, 0.5) is 0 Å². The predicted octanol–water partition coefficient (Wildman–Crippen LogP) is 1.97. The quantitative estimate of drug-likeness (QED) is 0.124. The van der Waals surface area contributed by atoms with Crippen molar-refractivity contribution in [3.05, 3.63) is 45.0 Å². The van der Waals surface area contributed by atoms with Crippen LogP contribution in [-0.2, 0) is 9.59 Å². The molecule has 0 saturated carbocycles. The maximum atomic E-state index is 12.7. The average molecular weight is 455 g/mol. The van der Waals surface area contributed by atoms with E-state index < -0.39 is 17.0 Å². The van der Waals surface area contributed by atoms with Crippen molar-refractivity contribution < 1.29 is 14.6 Å². The number of nitro groups is 1. The normalized spacial score (nSPS) is 13.4. The van der Waals surface area contributed by atoms with Crippen molar-refractivity contribution in [1.29, 1.82) is 0 Å². The van der Waals surface area contributed by atoms with Gasteiger partial charge in [-0.2, -0.15) is 0 Å². The molecule has 0 bridgehead atoms. The number of carbonyl (C=O) groups excluding carboxylic acids is 2. The van der Waals surface area contributed by atoms with Gasteiger partial charge in [-0.15, -0.1) is 0 Å². The molecule has 2 atom stereocenters. The summed E-state index contributed by atoms with van der Waals surface area (Å²) in [5, 5.41) is 15.8. The number of nitrogens with one attached hydrogen (secondary N) is 3. The molecule has 1 aromatic carbocycles. The second-order valence-corrected chi connectivity index (χ2v) is 8.02. The molecule has 11 heteroatoms. The largest absolute Gasteiger partial charge is 0.365 e. The molecule has 0 saturated heterocycles. The standard InChI is InChI=1S/C20H31ClN6O4/c1-13(2)10-12-23-19(29)17(5-4-11-24-20(22)26-27(30)31)25-18(28)14(3)15-6-8-16(21)9-7-15/h6-9,13-14,17H,4-5,10-12H2,1-3H3,(H,23,29)(H,25,28)(H3,22,24,26)/t14?,17-/m0/s1. The minimum absolute atomic E-state index is 0.172. The first-order valence-electron chi connectivity index (χ1n) is 10.1. The second-order valence-electron chi connectivity index (χ2n) is 7.59. The zero-order chi connectivity index (χ0) is 23.4. The molecule has 0 heterocycles. The maximum absolute atomic E-state index is 12.7. The van der Waals surface area contributed by atoms with Crippen LogP contribution >= 0.6 is 11.6 Å². The van der Waals surface area contributed by atoms with Gasteiger partial charge in [0.05, 0.1) is 5.92 Å². The Morgan fingerprint density at radius 2 is 1.81 bits per heavy atom. The highest BCUT2D eigenvalue weighted by Crippen LogP contribution is 2.18. The van der Waals surface area contributed by atoms with Gasteiger partial charge in [0.15, 0.2) is 5.03 Å². The first-order chi connectivity index (χ1) is 14.6. The topological polar surface area (TPSA) is 152 Å². The molecule has 0 aliphatic carbocycles. The number of aliphatic imine (C=N–C) groups is 1. The van der Waals surface area contributed by atoms with Crippen LogP contribution in [-0.4, -0.2) is 41.9 Å². The summed E-state index contributed by atoms with van der Waals surface area (Å²) in [6.07, 6.45) is 1.53. The molecule has 31 heavy (non-hydrogen) atoms. The summed E-state index contributed by atoms with van der Waals surface area (Å²) in [4.78, 5) is 39.5. The molecule has 2 amide bonds. The lowest BCUT2D eigenvalue weighted by atomic mass is 9.99. The molecule has 1 rings (SSSR count). The lowest BCUT2D eigenvalue weighted by molar-refractivity contribution is -0.525. The average Bonchev–Trinajstić information content (AvgIpc) is 2.69. The van der Waals surface area contributed by atoms with Crippen LogP contribution in [0, 0.1) is 16.0 Å². The molecule has 1 aromatic rings. The Hall–Kier alpha value is -2.88. The molecular weight excluding hydrogens is 424 g/mol. The zero-order valence-corrected chi connectivity index (χ0v) is 18.8. The molecular formula is C20H31ClN6O4. The summed E-state index contributed by atoms with van der Waals surface area (Å²) in [6, 6.07) is 6.19. The van der Waals surface area contributed by atoms with Gasteiger partial charge in [0.25, 0.3) is 5.96 Å². The predicted molar refractivity (Wildman–Crippen MR) is 120 cm³/mol. The zero-order valence-electron chi connectivity index (χ0n) is 18.1. The Morgan fingerprint density at radius 3 is 2.39 bits per heavy atom. The Morgan fingerprint density at radius 1 is 1.16 bits per heavy atom. The van der Waals surface area contributed by atoms with Crippen LogP contribution in [0.1, 0.15) is 51.5 Å². The number of nitrogens with zero attached hydrogens (tertiary/aromatic N) is 2. The highest BCUT2D eigenvalue weighted by atomic mass is 35.5. The van der Waals surface area contributed by atoms with Crippen LogP contribution in [0.25, 0.3) is 0 Å². The summed E-state index contributed by atoms with van der Waals surface area (Å²) in [7, 11) is 0. The van der Waals surface area contributed by atoms with E-state index in [1.54, 1.807) is 36.6 Å². The molecule has 0 fully saturated rings. The van der Waals surface area contributed by atoms with Crippen molar-refractivity contribution in [3.63, 3.8) is 0 Å². The fourth-order valence-corrected chi connectivity index (χ4v) is 2.83. The van der Waals surface area contributed by atoms with Crippen LogP contribution in [0.15, 0.2) is 29.3 Å². The fraction of sp³-hybridized carbons (Fsp3) is 0.550. The number of hydrazine groups is 1. The van der Waals surface area contributed by atoms with Crippen LogP contribution < -0.4 is 21.8 Å². The van der Waals surface area contributed by atoms with Gasteiger partial charge in [0.1, 0.15) is 6.04 Å². The third-order valence-corrected chi connectivity index (χ3v) is 4.81. The molecule has 0 aromatic heterocycles. The summed E-state index contributed by atoms with van der Waals surface area (Å²) < 4.78 is 0. The van der Waals surface area contributed by atoms with Gasteiger partial charge in [-0.1, -0.05) is 43.0 Å². The Bertz CT molecular complexity index is 769. The summed E-state index contributed by atoms with van der Waals surface area (Å²) in [5.74, 6) is -0.920. The van der Waals surface area contributed by atoms with Gasteiger partial charge in [0, 0.05) is 18.1 Å². The van der Waals surface area contributed by atoms with E-state index in [1.807, 2.05) is 0 Å². The smallest absolute Gasteiger partial charge is 0.251 e. The van der Waals surface area contributed by atoms with Gasteiger partial charge >= 0.3 is 0 Å². The first-order valence-corrected chi connectivity index (χ1v) is 10.5. The molecule has 172 valence electrons. The van der Waals surface area contributed by atoms with E-state index in [0.29, 0.717) is 30.3 Å². The summed E-state index contributed by atoms with van der Waals surface area (Å²) in [5.41, 5.74) is 7.91. The molecule has 0 aliphatic heterocycles. The van der Waals surface area contributed by atoms with E-state index in [1.165, 1.54) is 0 Å². The maximum Gasteiger partial charge on any atom is 0.251 e. The van der Waals surface area contributed by atoms with Gasteiger partial charge in [-0.3, -0.25) is 9.59 Å². The van der Waals surface area contributed by atoms with Crippen molar-refractivity contribution >= 4 is 29.4 Å². The monoisotopic (exact) mass is 454 g/mol. The molecule has 0 spiro atoms. The van der Waals surface area contributed by atoms with Crippen LogP contribution in [0.2, 0.25) is 5.02 Å². The van der Waals surface area contributed by atoms with Gasteiger partial charge < -0.3 is 16.4 Å². The molecule has 0 radical (unpaired) electrons. The van der Waals surface area contributed by atoms with Crippen molar-refractivity contribution in [1.82, 2.24) is 16.1 Å². The fourth-order valence-electron chi connectivity index (χ4n) is 2.70. The third-order valence-electron chi connectivity index (χ3n) is 4.56. The van der Waals surface area contributed by atoms with E-state index in [2.05, 4.69) is 29.5 Å². The van der Waals surface area contributed by atoms with E-state index in [9.17, 15) is 19.7 Å². The van der Waals surface area contributed by atoms with Crippen molar-refractivity contribution in [3.8, 4) is 0 Å². The Balaban J connectivity index is 2.73. The number of halogens is 1. The molecule has 0 aliphatic rings. The first kappa shape index (κ1) is 26.2. The number of hydrogen-bond donors (Lipinski definition) is 4. The van der Waals surface area contributed by atoms with Crippen molar-refractivity contribution in [2.45, 2.75) is 52.0 Å². The van der Waals surface area contributed by atoms with E-state index in [-0.39, 0.29) is 24.3 Å². The summed E-state index contributed by atoms with van der Waals surface area (Å²) >= 11 is 5.90. The van der Waals surface area contributed by atoms with Crippen LogP contribution in [0.3, 0.4) is 0 Å². The van der Waals surface area contributed by atoms with E-state index in [0.717, 1.165) is 12.0 Å². The second kappa shape index (κ2) is 13.4. The lowest BCUT2D eigenvalue weighted by Crippen LogP contribution is -2.48. The minimum atomic E-state index is -0.803. The lowest BCUT2D eigenvalue weighted by Gasteiger charge is -2.21. The Labute approximate surface area is 187 Å². The van der Waals surface area contributed by atoms with Gasteiger partial charge in [-0.05, 0) is 49.8 Å². The number of guanidine groups is 1. The number of amides is 2. The van der Waals surface area contributed by atoms with Gasteiger partial charge in [0.2, 0.25) is 11.8 Å². The molecule has 1 unspecified atom stereocenters. The highest BCUT2D eigenvalue weighted by Gasteiger charge is 2.24. The van der Waals surface area contributed by atoms with E-state index in [4.69, 9.17) is 17.3 Å². The number of nitrogens with two attached hydrogens (primary N) is 1. The van der Waals surface area contributed by atoms with Crippen molar-refractivity contribution in [2.24, 2.45) is 16.6 Å². The number of carbonyl (C=O) groups is 2. The van der Waals surface area contributed by atoms with Crippen LogP contribution in [0.5, 0.6) is 0 Å². The van der Waals surface area contributed by atoms with Crippen molar-refractivity contribution in [2.75, 3.05) is 13.1 Å². The highest BCUT2D eigenvalue weighted by molar-refractivity contribution is 6.30. The number of hydrogen-bond acceptors (Lipinski definition) is 5. The number of rotatable bonds is 12. The summed E-state index contributed by atoms with van der Waals surface area (Å²) in [6.45, 7) is 6.54. The molecule has 10 nitrogen and oxygen atoms in total. The van der Waals surface area contributed by atoms with Gasteiger partial charge in [-0.25, -0.2) is 15.1 Å². The third kappa shape index (κ3) is 10.6. The number of benzene rings is 1. The minimum Gasteiger partial charge on any atom is -0.365 e. The SMILES string of the molecule is CC(C)CCNC(=O)[C@H](CCCN=C(N)N[N+](=O)[O-])NC(=O)C(C)c1ccc(Cl)cc1. The molecule has 5 N–H and O–H groups in total. The Kier molecular flexibility index (Phi) is 11.3. The van der Waals surface area contributed by atoms with E-state index >= 15 is 0 Å².